The topological polar surface area (TPSA) is 307 Å². The third-order valence-electron chi connectivity index (χ3n) is 17.8. The van der Waals surface area contributed by atoms with Gasteiger partial charge in [-0.1, -0.05) is 246 Å². The summed E-state index contributed by atoms with van der Waals surface area (Å²) in [5, 5.41) is 121. The Hall–Kier alpha value is -3.29. The second-order valence-electron chi connectivity index (χ2n) is 26.0. The third kappa shape index (κ3) is 37.6. The van der Waals surface area contributed by atoms with E-state index in [0.29, 0.717) is 12.8 Å². The number of allylic oxidation sites excluding steroid dienone is 15. The molecule has 0 saturated carbocycles. The largest absolute Gasteiger partial charge is 0.394 e. The van der Waals surface area contributed by atoms with E-state index in [2.05, 4.69) is 104 Å². The minimum absolute atomic E-state index is 0.187. The predicted molar refractivity (Wildman–Crippen MR) is 374 cm³/mol. The molecule has 17 unspecified atom stereocenters. The number of aliphatic hydroxyl groups is 11. The predicted octanol–water partition coefficient (Wildman–Crippen LogP) is 10.8. The normalized spacial score (nSPS) is 27.8. The van der Waals surface area contributed by atoms with Gasteiger partial charge in [-0.25, -0.2) is 0 Å². The molecule has 0 aromatic heterocycles. The molecule has 3 aliphatic rings. The average Bonchev–Trinajstić information content (AvgIpc) is 0.787. The van der Waals surface area contributed by atoms with Crippen molar-refractivity contribution in [2.45, 2.75) is 349 Å². The van der Waals surface area contributed by atoms with Gasteiger partial charge in [0.2, 0.25) is 5.91 Å². The van der Waals surface area contributed by atoms with Gasteiger partial charge in [0, 0.05) is 6.42 Å². The van der Waals surface area contributed by atoms with Crippen LogP contribution in [0, 0.1) is 0 Å². The first-order valence-corrected chi connectivity index (χ1v) is 37.0. The van der Waals surface area contributed by atoms with Gasteiger partial charge in [-0.3, -0.25) is 4.79 Å². The number of amides is 1. The van der Waals surface area contributed by atoms with E-state index in [1.807, 2.05) is 6.08 Å². The number of ether oxygens (including phenoxy) is 6. The molecule has 19 heteroatoms. The van der Waals surface area contributed by atoms with Gasteiger partial charge in [-0.2, -0.15) is 0 Å². The van der Waals surface area contributed by atoms with Crippen LogP contribution in [0.15, 0.2) is 97.2 Å². The Kier molecular flexibility index (Phi) is 51.1. The van der Waals surface area contributed by atoms with Crippen molar-refractivity contribution < 1.29 is 89.4 Å². The Morgan fingerprint density at radius 3 is 1.18 bits per heavy atom. The Balaban J connectivity index is 1.43. The minimum Gasteiger partial charge on any atom is -0.394 e. The molecule has 1 amide bonds. The average molecular weight is 1350 g/mol. The van der Waals surface area contributed by atoms with Gasteiger partial charge in [-0.05, 0) is 89.9 Å². The van der Waals surface area contributed by atoms with Gasteiger partial charge >= 0.3 is 0 Å². The highest BCUT2D eigenvalue weighted by Crippen LogP contribution is 2.33. The van der Waals surface area contributed by atoms with Crippen molar-refractivity contribution in [1.29, 1.82) is 0 Å². The first-order chi connectivity index (χ1) is 46.3. The second-order valence-corrected chi connectivity index (χ2v) is 26.0. The first kappa shape index (κ1) is 85.9. The van der Waals surface area contributed by atoms with Gasteiger partial charge in [0.05, 0.1) is 38.6 Å². The Morgan fingerprint density at radius 2 is 0.737 bits per heavy atom. The van der Waals surface area contributed by atoms with Crippen LogP contribution in [-0.4, -0.2) is 193 Å². The molecule has 0 aromatic carbocycles. The lowest BCUT2D eigenvalue weighted by atomic mass is 9.96. The van der Waals surface area contributed by atoms with Crippen LogP contribution >= 0.6 is 0 Å². The second kappa shape index (κ2) is 56.5. The molecule has 0 aliphatic carbocycles. The SMILES string of the molecule is CC/C=C\C/C=C\C/C=C\C/C=C\C/C=C\CCCCCC(=O)NC(COC1OC(CO)C(OC2OC(CO)C(OC3OC(CO)C(O)C(O)C3O)C(O)C2O)C(O)C1O)C(O)/C=C/CC/C=C/CC/C=C/CCCCCCCCCCCCCCCCCCCCCCC. The summed E-state index contributed by atoms with van der Waals surface area (Å²) in [5.74, 6) is -0.323. The van der Waals surface area contributed by atoms with Crippen molar-refractivity contribution >= 4 is 5.91 Å². The highest BCUT2D eigenvalue weighted by atomic mass is 16.8. The molecule has 3 saturated heterocycles. The van der Waals surface area contributed by atoms with E-state index in [9.17, 15) is 61.0 Å². The number of hydrogen-bond donors (Lipinski definition) is 12. The fraction of sp³-hybridized carbons (Fsp3) is 0.776. The summed E-state index contributed by atoms with van der Waals surface area (Å²) in [6, 6.07) is -1.02. The molecular weight excluding hydrogens is 1210 g/mol. The lowest BCUT2D eigenvalue weighted by molar-refractivity contribution is -0.379. The summed E-state index contributed by atoms with van der Waals surface area (Å²) in [6.45, 7) is 1.57. The molecule has 548 valence electrons. The number of carbonyl (C=O) groups is 1. The number of carbonyl (C=O) groups excluding carboxylic acids is 1. The van der Waals surface area contributed by atoms with Crippen LogP contribution in [0.5, 0.6) is 0 Å². The summed E-state index contributed by atoms with van der Waals surface area (Å²) in [5.41, 5.74) is 0. The molecular formula is C76H131NO18. The highest BCUT2D eigenvalue weighted by molar-refractivity contribution is 5.76. The standard InChI is InChI=1S/C76H131NO18/c1-3-5-7-9-11-13-15-17-19-21-23-24-25-26-27-28-29-30-31-32-33-34-36-37-39-41-43-45-47-49-51-53-60(81)59(77-64(82)54-52-50-48-46-44-42-40-38-35-22-20-18-16-14-12-10-8-6-4-2)58-90-74-70(88)67(85)72(62(56-79)92-74)95-76-71(89)68(86)73(63(57-80)93-76)94-75-69(87)66(84)65(83)61(55-78)91-75/h6,8,12,14,18,20,35-38,42-45,51,53,59-63,65-76,78-81,83-89H,3-5,7,9-11,13,15-17,19,21-34,39-41,46-50,52,54-58H2,1-2H3,(H,77,82)/b8-6-,14-12-,20-18-,37-36+,38-35-,44-42-,45-43+,53-51+. The van der Waals surface area contributed by atoms with Crippen LogP contribution in [0.4, 0.5) is 0 Å². The van der Waals surface area contributed by atoms with Crippen LogP contribution in [0.25, 0.3) is 0 Å². The molecule has 3 fully saturated rings. The maximum atomic E-state index is 13.4. The van der Waals surface area contributed by atoms with Crippen LogP contribution in [-0.2, 0) is 33.2 Å². The van der Waals surface area contributed by atoms with E-state index in [1.54, 1.807) is 6.08 Å². The first-order valence-electron chi connectivity index (χ1n) is 37.0. The molecule has 17 atom stereocenters. The van der Waals surface area contributed by atoms with E-state index in [-0.39, 0.29) is 12.3 Å². The zero-order chi connectivity index (χ0) is 68.9. The molecule has 0 spiro atoms. The quantitative estimate of drug-likeness (QED) is 0.0199. The summed E-state index contributed by atoms with van der Waals surface area (Å²) < 4.78 is 34.3. The zero-order valence-corrected chi connectivity index (χ0v) is 58.1. The van der Waals surface area contributed by atoms with Gasteiger partial charge in [-0.15, -0.1) is 0 Å². The molecule has 0 radical (unpaired) electrons. The number of nitrogens with one attached hydrogen (secondary N) is 1. The molecule has 3 heterocycles. The van der Waals surface area contributed by atoms with Gasteiger partial charge in [0.1, 0.15) is 73.2 Å². The third-order valence-corrected chi connectivity index (χ3v) is 17.8. The van der Waals surface area contributed by atoms with Crippen LogP contribution in [0.2, 0.25) is 0 Å². The minimum atomic E-state index is -1.99. The molecule has 12 N–H and O–H groups in total. The van der Waals surface area contributed by atoms with Crippen LogP contribution < -0.4 is 5.32 Å². The van der Waals surface area contributed by atoms with Gasteiger partial charge in [0.25, 0.3) is 0 Å². The van der Waals surface area contributed by atoms with E-state index in [4.69, 9.17) is 28.4 Å². The van der Waals surface area contributed by atoms with E-state index in [1.165, 1.54) is 135 Å². The Morgan fingerprint density at radius 1 is 0.389 bits per heavy atom. The van der Waals surface area contributed by atoms with Gasteiger partial charge in [0.15, 0.2) is 18.9 Å². The van der Waals surface area contributed by atoms with Crippen molar-refractivity contribution in [3.05, 3.63) is 97.2 Å². The summed E-state index contributed by atoms with van der Waals surface area (Å²) in [6.07, 6.45) is 48.3. The Labute approximate surface area is 571 Å². The molecule has 0 bridgehead atoms. The Bertz CT molecular complexity index is 2100. The van der Waals surface area contributed by atoms with Crippen molar-refractivity contribution in [3.8, 4) is 0 Å². The van der Waals surface area contributed by atoms with Crippen molar-refractivity contribution in [2.75, 3.05) is 26.4 Å². The van der Waals surface area contributed by atoms with Crippen LogP contribution in [0.1, 0.15) is 245 Å². The van der Waals surface area contributed by atoms with E-state index in [0.717, 1.165) is 77.0 Å². The number of unbranched alkanes of at least 4 members (excludes halogenated alkanes) is 26. The zero-order valence-electron chi connectivity index (χ0n) is 58.1. The van der Waals surface area contributed by atoms with E-state index >= 15 is 0 Å². The van der Waals surface area contributed by atoms with Crippen molar-refractivity contribution in [1.82, 2.24) is 5.32 Å². The number of hydrogen-bond acceptors (Lipinski definition) is 18. The smallest absolute Gasteiger partial charge is 0.220 e. The lowest BCUT2D eigenvalue weighted by Crippen LogP contribution is -2.66. The maximum Gasteiger partial charge on any atom is 0.220 e. The molecule has 19 nitrogen and oxygen atoms in total. The summed E-state index contributed by atoms with van der Waals surface area (Å²) in [7, 11) is 0. The fourth-order valence-electron chi connectivity index (χ4n) is 11.9. The van der Waals surface area contributed by atoms with Crippen molar-refractivity contribution in [3.63, 3.8) is 0 Å². The summed E-state index contributed by atoms with van der Waals surface area (Å²) in [4.78, 5) is 13.4. The molecule has 0 aromatic rings. The molecule has 95 heavy (non-hydrogen) atoms. The van der Waals surface area contributed by atoms with Crippen molar-refractivity contribution in [2.24, 2.45) is 0 Å². The molecule has 3 rings (SSSR count). The lowest BCUT2D eigenvalue weighted by Gasteiger charge is -2.48. The van der Waals surface area contributed by atoms with E-state index < -0.39 is 131 Å². The van der Waals surface area contributed by atoms with Crippen LogP contribution in [0.3, 0.4) is 0 Å². The molecule has 3 aliphatic heterocycles. The van der Waals surface area contributed by atoms with Gasteiger partial charge < -0.3 is 89.9 Å². The monoisotopic (exact) mass is 1350 g/mol. The maximum absolute atomic E-state index is 13.4. The fourth-order valence-corrected chi connectivity index (χ4v) is 11.9. The summed E-state index contributed by atoms with van der Waals surface area (Å²) >= 11 is 0. The number of rotatable bonds is 56. The number of aliphatic hydroxyl groups excluding tert-OH is 11. The highest BCUT2D eigenvalue weighted by Gasteiger charge is 2.53.